The van der Waals surface area contributed by atoms with E-state index in [0.29, 0.717) is 11.8 Å². The largest absolute Gasteiger partial charge is 0.385 e. The molecule has 1 aromatic rings. The van der Waals surface area contributed by atoms with Gasteiger partial charge in [0.25, 0.3) is 0 Å². The van der Waals surface area contributed by atoms with E-state index < -0.39 is 5.60 Å². The van der Waals surface area contributed by atoms with Crippen LogP contribution in [0.5, 0.6) is 0 Å². The van der Waals surface area contributed by atoms with Crippen LogP contribution < -0.4 is 0 Å². The fourth-order valence-electron chi connectivity index (χ4n) is 2.51. The Hall–Kier alpha value is -0.340. The first-order valence-electron chi connectivity index (χ1n) is 6.29. The van der Waals surface area contributed by atoms with E-state index in [2.05, 4.69) is 36.7 Å². The van der Waals surface area contributed by atoms with E-state index >= 15 is 0 Å². The molecule has 0 saturated carbocycles. The van der Waals surface area contributed by atoms with Crippen molar-refractivity contribution >= 4 is 15.9 Å². The van der Waals surface area contributed by atoms with Crippen molar-refractivity contribution in [2.75, 3.05) is 0 Å². The van der Waals surface area contributed by atoms with Crippen molar-refractivity contribution in [3.63, 3.8) is 0 Å². The van der Waals surface area contributed by atoms with E-state index in [9.17, 15) is 5.11 Å². The second kappa shape index (κ2) is 6.01. The lowest BCUT2D eigenvalue weighted by Gasteiger charge is -2.28. The maximum Gasteiger partial charge on any atom is 0.0871 e. The van der Waals surface area contributed by atoms with Gasteiger partial charge in [-0.05, 0) is 49.3 Å². The van der Waals surface area contributed by atoms with Gasteiger partial charge < -0.3 is 5.11 Å². The van der Waals surface area contributed by atoms with Crippen LogP contribution in [0.3, 0.4) is 0 Å². The molecule has 0 heterocycles. The number of hydrogen-bond donors (Lipinski definition) is 1. The molecule has 0 bridgehead atoms. The predicted octanol–water partition coefficient (Wildman–Crippen LogP) is 4.73. The van der Waals surface area contributed by atoms with E-state index in [4.69, 9.17) is 0 Å². The van der Waals surface area contributed by atoms with Gasteiger partial charge in [-0.15, -0.1) is 0 Å². The number of aliphatic hydroxyl groups is 1. The molecule has 1 nitrogen and oxygen atoms in total. The molecule has 2 atom stereocenters. The Bertz CT molecular complexity index is 358. The summed E-state index contributed by atoms with van der Waals surface area (Å²) in [6.07, 6.45) is 1.96. The van der Waals surface area contributed by atoms with Gasteiger partial charge in [0.05, 0.1) is 5.60 Å². The monoisotopic (exact) mass is 298 g/mol. The van der Waals surface area contributed by atoms with E-state index in [1.807, 2.05) is 31.2 Å². The van der Waals surface area contributed by atoms with Crippen LogP contribution in [0.1, 0.15) is 46.1 Å². The molecule has 2 heteroatoms. The first-order chi connectivity index (χ1) is 7.81. The molecule has 0 spiro atoms. The van der Waals surface area contributed by atoms with Crippen molar-refractivity contribution < 1.29 is 5.11 Å². The fraction of sp³-hybridized carbons (Fsp3) is 0.600. The summed E-state index contributed by atoms with van der Waals surface area (Å²) in [6.45, 7) is 8.58. The zero-order chi connectivity index (χ0) is 13.1. The molecule has 1 rings (SSSR count). The van der Waals surface area contributed by atoms with Gasteiger partial charge in [0, 0.05) is 4.47 Å². The topological polar surface area (TPSA) is 20.2 Å². The molecular weight excluding hydrogens is 276 g/mol. The maximum atomic E-state index is 10.6. The van der Waals surface area contributed by atoms with Gasteiger partial charge in [-0.3, -0.25) is 0 Å². The Kier molecular flexibility index (Phi) is 5.21. The lowest BCUT2D eigenvalue weighted by molar-refractivity contribution is 0.0295. The van der Waals surface area contributed by atoms with Crippen LogP contribution in [0.25, 0.3) is 0 Å². The van der Waals surface area contributed by atoms with Crippen LogP contribution in [0.4, 0.5) is 0 Å². The minimum Gasteiger partial charge on any atom is -0.385 e. The van der Waals surface area contributed by atoms with Crippen LogP contribution in [0.15, 0.2) is 28.7 Å². The molecule has 0 aromatic heterocycles. The summed E-state index contributed by atoms with van der Waals surface area (Å²) in [5, 5.41) is 10.6. The standard InChI is InChI=1S/C15H23BrO/c1-11(2)8-12(3)10-15(4,17)13-6-5-7-14(16)9-13/h5-7,9,11-12,17H,8,10H2,1-4H3. The van der Waals surface area contributed by atoms with E-state index in [1.54, 1.807) is 0 Å². The number of halogens is 1. The predicted molar refractivity (Wildman–Crippen MR) is 76.9 cm³/mol. The third-order valence-electron chi connectivity index (χ3n) is 3.07. The summed E-state index contributed by atoms with van der Waals surface area (Å²) in [7, 11) is 0. The second-order valence-corrected chi connectivity index (χ2v) is 6.64. The van der Waals surface area contributed by atoms with Gasteiger partial charge in [0.1, 0.15) is 0 Å². The summed E-state index contributed by atoms with van der Waals surface area (Å²) < 4.78 is 1.02. The van der Waals surface area contributed by atoms with Crippen LogP contribution >= 0.6 is 15.9 Å². The second-order valence-electron chi connectivity index (χ2n) is 5.72. The Morgan fingerprint density at radius 3 is 2.47 bits per heavy atom. The fourth-order valence-corrected chi connectivity index (χ4v) is 2.91. The third-order valence-corrected chi connectivity index (χ3v) is 3.56. The Balaban J connectivity index is 2.74. The van der Waals surface area contributed by atoms with Crippen LogP contribution in [0, 0.1) is 11.8 Å². The maximum absolute atomic E-state index is 10.6. The normalized spacial score (nSPS) is 16.9. The van der Waals surface area contributed by atoms with Crippen molar-refractivity contribution in [1.29, 1.82) is 0 Å². The number of benzene rings is 1. The molecule has 0 aliphatic rings. The van der Waals surface area contributed by atoms with Crippen LogP contribution in [-0.4, -0.2) is 5.11 Å². The molecule has 96 valence electrons. The van der Waals surface area contributed by atoms with E-state index in [0.717, 1.165) is 22.9 Å². The van der Waals surface area contributed by atoms with Crippen LogP contribution in [0.2, 0.25) is 0 Å². The van der Waals surface area contributed by atoms with Crippen LogP contribution in [-0.2, 0) is 5.60 Å². The lowest BCUT2D eigenvalue weighted by atomic mass is 9.83. The molecule has 2 unspecified atom stereocenters. The summed E-state index contributed by atoms with van der Waals surface area (Å²) in [6, 6.07) is 7.95. The molecule has 0 aliphatic carbocycles. The highest BCUT2D eigenvalue weighted by Crippen LogP contribution is 2.31. The van der Waals surface area contributed by atoms with Crippen molar-refractivity contribution in [2.24, 2.45) is 11.8 Å². The van der Waals surface area contributed by atoms with Crippen molar-refractivity contribution in [3.05, 3.63) is 34.3 Å². The van der Waals surface area contributed by atoms with E-state index in [-0.39, 0.29) is 0 Å². The van der Waals surface area contributed by atoms with Gasteiger partial charge in [-0.2, -0.15) is 0 Å². The van der Waals surface area contributed by atoms with Gasteiger partial charge in [-0.25, -0.2) is 0 Å². The Morgan fingerprint density at radius 2 is 1.94 bits per heavy atom. The first kappa shape index (κ1) is 14.7. The Morgan fingerprint density at radius 1 is 1.29 bits per heavy atom. The van der Waals surface area contributed by atoms with E-state index in [1.165, 1.54) is 0 Å². The quantitative estimate of drug-likeness (QED) is 0.833. The first-order valence-corrected chi connectivity index (χ1v) is 7.09. The summed E-state index contributed by atoms with van der Waals surface area (Å²) >= 11 is 3.45. The highest BCUT2D eigenvalue weighted by atomic mass is 79.9. The SMILES string of the molecule is CC(C)CC(C)CC(C)(O)c1cccc(Br)c1. The highest BCUT2D eigenvalue weighted by molar-refractivity contribution is 9.10. The van der Waals surface area contributed by atoms with Crippen molar-refractivity contribution in [1.82, 2.24) is 0 Å². The molecule has 1 aromatic carbocycles. The lowest BCUT2D eigenvalue weighted by Crippen LogP contribution is -2.24. The summed E-state index contributed by atoms with van der Waals surface area (Å²) in [5.74, 6) is 1.22. The summed E-state index contributed by atoms with van der Waals surface area (Å²) in [4.78, 5) is 0. The highest BCUT2D eigenvalue weighted by Gasteiger charge is 2.26. The van der Waals surface area contributed by atoms with Gasteiger partial charge in [-0.1, -0.05) is 48.8 Å². The molecule has 17 heavy (non-hydrogen) atoms. The molecular formula is C15H23BrO. The molecule has 0 radical (unpaired) electrons. The minimum atomic E-state index is -0.738. The van der Waals surface area contributed by atoms with Crippen molar-refractivity contribution in [3.8, 4) is 0 Å². The molecule has 1 N–H and O–H groups in total. The smallest absolute Gasteiger partial charge is 0.0871 e. The average molecular weight is 299 g/mol. The zero-order valence-corrected chi connectivity index (χ0v) is 12.8. The zero-order valence-electron chi connectivity index (χ0n) is 11.2. The van der Waals surface area contributed by atoms with Crippen molar-refractivity contribution in [2.45, 2.75) is 46.1 Å². The summed E-state index contributed by atoms with van der Waals surface area (Å²) in [5.41, 5.74) is 0.250. The average Bonchev–Trinajstić information content (AvgIpc) is 2.15. The molecule has 0 amide bonds. The molecule has 0 saturated heterocycles. The Labute approximate surface area is 113 Å². The number of hydrogen-bond acceptors (Lipinski definition) is 1. The third kappa shape index (κ3) is 4.81. The van der Waals surface area contributed by atoms with Gasteiger partial charge in [0.15, 0.2) is 0 Å². The molecule has 0 aliphatic heterocycles. The minimum absolute atomic E-state index is 0.531. The molecule has 0 fully saturated rings. The number of rotatable bonds is 5. The van der Waals surface area contributed by atoms with Gasteiger partial charge in [0.2, 0.25) is 0 Å². The van der Waals surface area contributed by atoms with Gasteiger partial charge >= 0.3 is 0 Å².